The average molecular weight is 375 g/mol. The Balaban J connectivity index is 1.34. The number of anilines is 1. The van der Waals surface area contributed by atoms with Gasteiger partial charge in [0.25, 0.3) is 0 Å². The Kier molecular flexibility index (Phi) is 5.22. The highest BCUT2D eigenvalue weighted by Gasteiger charge is 2.25. The first-order chi connectivity index (χ1) is 12.7. The summed E-state index contributed by atoms with van der Waals surface area (Å²) in [6, 6.07) is 5.57. The van der Waals surface area contributed by atoms with Crippen molar-refractivity contribution < 1.29 is 9.53 Å². The molecule has 2 aliphatic rings. The third-order valence-corrected chi connectivity index (χ3v) is 5.49. The molecule has 2 aliphatic heterocycles. The Bertz CT molecular complexity index is 786. The number of hydrogen-bond donors (Lipinski definition) is 0. The summed E-state index contributed by atoms with van der Waals surface area (Å²) in [5, 5.41) is 0.672. The topological polar surface area (TPSA) is 58.6 Å². The smallest absolute Gasteiger partial charge is 0.223 e. The molecule has 2 aromatic rings. The number of fused-ring (bicyclic) bond motifs is 1. The van der Waals surface area contributed by atoms with Gasteiger partial charge in [0.05, 0.1) is 30.4 Å². The van der Waals surface area contributed by atoms with Crippen molar-refractivity contribution in [2.75, 3.05) is 44.3 Å². The average Bonchev–Trinajstić information content (AvgIpc) is 2.69. The molecule has 4 rings (SSSR count). The number of morpholine rings is 1. The molecule has 7 heteroatoms. The highest BCUT2D eigenvalue weighted by molar-refractivity contribution is 6.31. The molecule has 1 aromatic carbocycles. The first kappa shape index (κ1) is 17.5. The molecule has 26 heavy (non-hydrogen) atoms. The van der Waals surface area contributed by atoms with Gasteiger partial charge in [0.2, 0.25) is 5.91 Å². The van der Waals surface area contributed by atoms with Crippen LogP contribution >= 0.6 is 11.6 Å². The van der Waals surface area contributed by atoms with Crippen LogP contribution in [0.1, 0.15) is 19.3 Å². The Morgan fingerprint density at radius 1 is 1.15 bits per heavy atom. The highest BCUT2D eigenvalue weighted by atomic mass is 35.5. The molecule has 1 amide bonds. The second-order valence-electron chi connectivity index (χ2n) is 6.99. The van der Waals surface area contributed by atoms with Crippen LogP contribution in [0.4, 0.5) is 5.82 Å². The van der Waals surface area contributed by atoms with Crippen LogP contribution in [0.5, 0.6) is 0 Å². The predicted octanol–water partition coefficient (Wildman–Crippen LogP) is 2.75. The molecule has 2 fully saturated rings. The van der Waals surface area contributed by atoms with Gasteiger partial charge in [0, 0.05) is 37.6 Å². The Morgan fingerprint density at radius 3 is 2.69 bits per heavy atom. The molecule has 1 aromatic heterocycles. The van der Waals surface area contributed by atoms with Crippen LogP contribution in [0.3, 0.4) is 0 Å². The van der Waals surface area contributed by atoms with Gasteiger partial charge in [-0.15, -0.1) is 0 Å². The molecule has 0 radical (unpaired) electrons. The maximum absolute atomic E-state index is 12.4. The van der Waals surface area contributed by atoms with Crippen molar-refractivity contribution in [3.05, 3.63) is 29.4 Å². The zero-order valence-electron chi connectivity index (χ0n) is 14.7. The second-order valence-corrected chi connectivity index (χ2v) is 7.43. The predicted molar refractivity (Wildman–Crippen MR) is 102 cm³/mol. The van der Waals surface area contributed by atoms with Crippen molar-refractivity contribution in [2.24, 2.45) is 5.92 Å². The van der Waals surface area contributed by atoms with Crippen LogP contribution in [-0.4, -0.2) is 60.2 Å². The lowest BCUT2D eigenvalue weighted by molar-refractivity contribution is -0.136. The van der Waals surface area contributed by atoms with Crippen molar-refractivity contribution in [1.82, 2.24) is 14.9 Å². The van der Waals surface area contributed by atoms with Gasteiger partial charge in [-0.25, -0.2) is 4.98 Å². The van der Waals surface area contributed by atoms with Gasteiger partial charge in [-0.2, -0.15) is 0 Å². The summed E-state index contributed by atoms with van der Waals surface area (Å²) in [5.41, 5.74) is 1.67. The second kappa shape index (κ2) is 7.76. The van der Waals surface area contributed by atoms with E-state index in [4.69, 9.17) is 21.3 Å². The van der Waals surface area contributed by atoms with Gasteiger partial charge >= 0.3 is 0 Å². The van der Waals surface area contributed by atoms with E-state index < -0.39 is 0 Å². The van der Waals surface area contributed by atoms with Gasteiger partial charge in [-0.1, -0.05) is 11.6 Å². The van der Waals surface area contributed by atoms with Gasteiger partial charge in [0.1, 0.15) is 5.82 Å². The zero-order valence-corrected chi connectivity index (χ0v) is 15.5. The summed E-state index contributed by atoms with van der Waals surface area (Å²) in [5.74, 6) is 1.63. The van der Waals surface area contributed by atoms with E-state index in [1.807, 2.05) is 29.3 Å². The van der Waals surface area contributed by atoms with Gasteiger partial charge in [-0.05, 0) is 37.0 Å². The van der Waals surface area contributed by atoms with Crippen molar-refractivity contribution in [3.8, 4) is 0 Å². The third-order valence-electron chi connectivity index (χ3n) is 5.26. The number of carbonyl (C=O) groups is 1. The van der Waals surface area contributed by atoms with E-state index in [-0.39, 0.29) is 5.91 Å². The summed E-state index contributed by atoms with van der Waals surface area (Å²) in [4.78, 5) is 25.8. The van der Waals surface area contributed by atoms with Crippen molar-refractivity contribution >= 4 is 34.4 Å². The molecular weight excluding hydrogens is 352 g/mol. The summed E-state index contributed by atoms with van der Waals surface area (Å²) in [6.07, 6.45) is 4.49. The van der Waals surface area contributed by atoms with Crippen LogP contribution in [-0.2, 0) is 9.53 Å². The minimum absolute atomic E-state index is 0.272. The largest absolute Gasteiger partial charge is 0.378 e. The minimum atomic E-state index is 0.272. The fraction of sp³-hybridized carbons (Fsp3) is 0.526. The van der Waals surface area contributed by atoms with Crippen molar-refractivity contribution in [1.29, 1.82) is 0 Å². The molecule has 2 saturated heterocycles. The third kappa shape index (κ3) is 3.91. The Labute approximate surface area is 158 Å². The number of aromatic nitrogens is 2. The zero-order chi connectivity index (χ0) is 17.9. The lowest BCUT2D eigenvalue weighted by Crippen LogP contribution is -2.42. The van der Waals surface area contributed by atoms with E-state index in [2.05, 4.69) is 9.88 Å². The van der Waals surface area contributed by atoms with E-state index in [1.54, 1.807) is 0 Å². The first-order valence-corrected chi connectivity index (χ1v) is 9.59. The molecule has 0 unspecified atom stereocenters. The minimum Gasteiger partial charge on any atom is -0.378 e. The standard InChI is InChI=1S/C19H23ClN4O2/c20-15-1-2-16-17(12-15)21-13-18(22-16)23-5-3-14(4-6-23)11-19(25)24-7-9-26-10-8-24/h1-2,12-14H,3-11H2. The number of halogens is 1. The molecule has 0 saturated carbocycles. The molecule has 0 atom stereocenters. The number of carbonyl (C=O) groups excluding carboxylic acids is 1. The lowest BCUT2D eigenvalue weighted by atomic mass is 9.93. The number of benzene rings is 1. The molecule has 6 nitrogen and oxygen atoms in total. The summed E-state index contributed by atoms with van der Waals surface area (Å²) in [7, 11) is 0. The van der Waals surface area contributed by atoms with E-state index in [9.17, 15) is 4.79 Å². The fourth-order valence-corrected chi connectivity index (χ4v) is 3.85. The van der Waals surface area contributed by atoms with E-state index in [0.29, 0.717) is 30.6 Å². The first-order valence-electron chi connectivity index (χ1n) is 9.22. The number of nitrogens with zero attached hydrogens (tertiary/aromatic N) is 4. The Hall–Kier alpha value is -1.92. The van der Waals surface area contributed by atoms with Gasteiger partial charge < -0.3 is 14.5 Å². The van der Waals surface area contributed by atoms with Crippen molar-refractivity contribution in [2.45, 2.75) is 19.3 Å². The van der Waals surface area contributed by atoms with E-state index in [1.165, 1.54) is 0 Å². The molecule has 138 valence electrons. The number of rotatable bonds is 3. The van der Waals surface area contributed by atoms with Crippen LogP contribution in [0.2, 0.25) is 5.02 Å². The number of hydrogen-bond acceptors (Lipinski definition) is 5. The SMILES string of the molecule is O=C(CC1CCN(c2cnc3cc(Cl)ccc3n2)CC1)N1CCOCC1. The molecule has 0 N–H and O–H groups in total. The van der Waals surface area contributed by atoms with E-state index in [0.717, 1.165) is 55.9 Å². The normalized spacial score (nSPS) is 19.1. The fourth-order valence-electron chi connectivity index (χ4n) is 3.68. The Morgan fingerprint density at radius 2 is 1.92 bits per heavy atom. The monoisotopic (exact) mass is 374 g/mol. The van der Waals surface area contributed by atoms with Crippen LogP contribution in [0, 0.1) is 5.92 Å². The lowest BCUT2D eigenvalue weighted by Gasteiger charge is -2.34. The molecule has 0 spiro atoms. The number of piperidine rings is 1. The van der Waals surface area contributed by atoms with Crippen LogP contribution in [0.25, 0.3) is 11.0 Å². The van der Waals surface area contributed by atoms with Gasteiger partial charge in [0.15, 0.2) is 0 Å². The van der Waals surface area contributed by atoms with Gasteiger partial charge in [-0.3, -0.25) is 9.78 Å². The quantitative estimate of drug-likeness (QED) is 0.826. The molecular formula is C19H23ClN4O2. The van der Waals surface area contributed by atoms with Crippen LogP contribution < -0.4 is 4.90 Å². The van der Waals surface area contributed by atoms with E-state index >= 15 is 0 Å². The number of ether oxygens (including phenoxy) is 1. The molecule has 0 aliphatic carbocycles. The summed E-state index contributed by atoms with van der Waals surface area (Å²) >= 11 is 6.00. The summed E-state index contributed by atoms with van der Waals surface area (Å²) < 4.78 is 5.32. The number of amides is 1. The van der Waals surface area contributed by atoms with Crippen molar-refractivity contribution in [3.63, 3.8) is 0 Å². The van der Waals surface area contributed by atoms with Crippen LogP contribution in [0.15, 0.2) is 24.4 Å². The molecule has 3 heterocycles. The maximum Gasteiger partial charge on any atom is 0.223 e. The summed E-state index contributed by atoms with van der Waals surface area (Å²) in [6.45, 7) is 4.61. The maximum atomic E-state index is 12.4. The highest BCUT2D eigenvalue weighted by Crippen LogP contribution is 2.26. The molecule has 0 bridgehead atoms.